The minimum atomic E-state index is -0.0133. The number of aromatic nitrogens is 2. The average molecular weight is 339 g/mol. The fourth-order valence-corrected chi connectivity index (χ4v) is 3.36. The van der Waals surface area contributed by atoms with Gasteiger partial charge in [-0.1, -0.05) is 43.0 Å². The number of para-hydroxylation sites is 1. The molecule has 0 unspecified atom stereocenters. The van der Waals surface area contributed by atoms with Crippen LogP contribution in [0.25, 0.3) is 11.0 Å². The number of aromatic amines is 1. The second-order valence-electron chi connectivity index (χ2n) is 5.86. The molecule has 3 rings (SSSR count). The Labute approximate surface area is 146 Å². The molecule has 0 aliphatic heterocycles. The average Bonchev–Trinajstić information content (AvgIpc) is 2.96. The lowest BCUT2D eigenvalue weighted by atomic mass is 10.1. The van der Waals surface area contributed by atoms with Gasteiger partial charge in [0, 0.05) is 5.69 Å². The Morgan fingerprint density at radius 3 is 2.88 bits per heavy atom. The number of amides is 1. The fourth-order valence-electron chi connectivity index (χ4n) is 2.68. The van der Waals surface area contributed by atoms with Crippen LogP contribution in [0.15, 0.2) is 41.6 Å². The molecule has 0 radical (unpaired) electrons. The van der Waals surface area contributed by atoms with Crippen LogP contribution in [-0.2, 0) is 11.2 Å². The van der Waals surface area contributed by atoms with Crippen LogP contribution < -0.4 is 5.32 Å². The lowest BCUT2D eigenvalue weighted by Crippen LogP contribution is -2.16. The first-order valence-electron chi connectivity index (χ1n) is 8.04. The maximum Gasteiger partial charge on any atom is 0.234 e. The van der Waals surface area contributed by atoms with Gasteiger partial charge in [0.15, 0.2) is 5.16 Å². The molecule has 0 spiro atoms. The van der Waals surface area contributed by atoms with Gasteiger partial charge in [-0.15, -0.1) is 0 Å². The monoisotopic (exact) mass is 339 g/mol. The van der Waals surface area contributed by atoms with Gasteiger partial charge in [0.25, 0.3) is 0 Å². The van der Waals surface area contributed by atoms with E-state index in [1.54, 1.807) is 0 Å². The number of thioether (sulfide) groups is 1. The molecular formula is C19H21N3OS. The van der Waals surface area contributed by atoms with E-state index in [0.717, 1.165) is 39.4 Å². The Morgan fingerprint density at radius 1 is 1.25 bits per heavy atom. The molecule has 1 heterocycles. The van der Waals surface area contributed by atoms with E-state index in [9.17, 15) is 4.79 Å². The first-order chi connectivity index (χ1) is 11.6. The number of nitrogens with one attached hydrogen (secondary N) is 2. The molecule has 0 saturated carbocycles. The molecule has 3 aromatic rings. The largest absolute Gasteiger partial charge is 0.333 e. The minimum absolute atomic E-state index is 0.0133. The van der Waals surface area contributed by atoms with Crippen molar-refractivity contribution in [3.8, 4) is 0 Å². The molecule has 1 amide bonds. The highest BCUT2D eigenvalue weighted by Crippen LogP contribution is 2.23. The molecule has 0 saturated heterocycles. The first kappa shape index (κ1) is 16.6. The van der Waals surface area contributed by atoms with E-state index in [1.807, 2.05) is 38.1 Å². The van der Waals surface area contributed by atoms with Gasteiger partial charge in [0.2, 0.25) is 5.91 Å². The summed E-state index contributed by atoms with van der Waals surface area (Å²) in [7, 11) is 0. The number of H-pyrrole nitrogens is 1. The van der Waals surface area contributed by atoms with Gasteiger partial charge < -0.3 is 10.3 Å². The number of nitrogens with zero attached hydrogens (tertiary/aromatic N) is 1. The third-order valence-electron chi connectivity index (χ3n) is 3.96. The van der Waals surface area contributed by atoms with Crippen molar-refractivity contribution in [2.24, 2.45) is 0 Å². The van der Waals surface area contributed by atoms with Crippen molar-refractivity contribution in [3.05, 3.63) is 53.1 Å². The molecule has 0 atom stereocenters. The summed E-state index contributed by atoms with van der Waals surface area (Å²) in [5, 5.41) is 3.81. The standard InChI is InChI=1S/C19H21N3OS/c1-4-14-7-5-6-13(3)18(14)22-17(23)11-24-19-20-15-9-8-12(2)10-16(15)21-19/h5-10H,4,11H2,1-3H3,(H,20,21)(H,22,23). The van der Waals surface area contributed by atoms with Gasteiger partial charge in [-0.25, -0.2) is 4.98 Å². The maximum absolute atomic E-state index is 12.3. The van der Waals surface area contributed by atoms with Crippen LogP contribution in [0.2, 0.25) is 0 Å². The lowest BCUT2D eigenvalue weighted by molar-refractivity contribution is -0.113. The third kappa shape index (κ3) is 3.62. The second-order valence-corrected chi connectivity index (χ2v) is 6.83. The van der Waals surface area contributed by atoms with Crippen molar-refractivity contribution in [3.63, 3.8) is 0 Å². The summed E-state index contributed by atoms with van der Waals surface area (Å²) in [6.07, 6.45) is 0.896. The molecule has 0 bridgehead atoms. The second kappa shape index (κ2) is 7.09. The van der Waals surface area contributed by atoms with Crippen LogP contribution >= 0.6 is 11.8 Å². The van der Waals surface area contributed by atoms with Crippen LogP contribution in [-0.4, -0.2) is 21.6 Å². The highest BCUT2D eigenvalue weighted by molar-refractivity contribution is 7.99. The maximum atomic E-state index is 12.3. The molecule has 4 nitrogen and oxygen atoms in total. The van der Waals surface area contributed by atoms with Gasteiger partial charge >= 0.3 is 0 Å². The van der Waals surface area contributed by atoms with Crippen molar-refractivity contribution < 1.29 is 4.79 Å². The number of hydrogen-bond acceptors (Lipinski definition) is 3. The number of carbonyl (C=O) groups excluding carboxylic acids is 1. The molecule has 0 aliphatic rings. The Morgan fingerprint density at radius 2 is 2.08 bits per heavy atom. The summed E-state index contributed by atoms with van der Waals surface area (Å²) in [5.41, 5.74) is 6.30. The predicted molar refractivity (Wildman–Crippen MR) is 101 cm³/mol. The quantitative estimate of drug-likeness (QED) is 0.674. The summed E-state index contributed by atoms with van der Waals surface area (Å²) in [4.78, 5) is 20.1. The van der Waals surface area contributed by atoms with Gasteiger partial charge in [-0.05, 0) is 49.1 Å². The van der Waals surface area contributed by atoms with E-state index >= 15 is 0 Å². The summed E-state index contributed by atoms with van der Waals surface area (Å²) in [6, 6.07) is 12.2. The molecule has 0 fully saturated rings. The molecule has 124 valence electrons. The number of hydrogen-bond donors (Lipinski definition) is 2. The molecular weight excluding hydrogens is 318 g/mol. The smallest absolute Gasteiger partial charge is 0.234 e. The fraction of sp³-hybridized carbons (Fsp3) is 0.263. The number of aryl methyl sites for hydroxylation is 3. The molecule has 2 N–H and O–H groups in total. The number of benzene rings is 2. The Balaban J connectivity index is 1.67. The van der Waals surface area contributed by atoms with Crippen molar-refractivity contribution in [2.45, 2.75) is 32.3 Å². The molecule has 24 heavy (non-hydrogen) atoms. The summed E-state index contributed by atoms with van der Waals surface area (Å²) < 4.78 is 0. The zero-order chi connectivity index (χ0) is 17.1. The van der Waals surface area contributed by atoms with E-state index in [4.69, 9.17) is 0 Å². The normalized spacial score (nSPS) is 11.0. The molecule has 0 aliphatic carbocycles. The van der Waals surface area contributed by atoms with E-state index in [0.29, 0.717) is 5.75 Å². The summed E-state index contributed by atoms with van der Waals surface area (Å²) in [5.74, 6) is 0.316. The number of anilines is 1. The van der Waals surface area contributed by atoms with Gasteiger partial charge in [0.1, 0.15) is 0 Å². The van der Waals surface area contributed by atoms with Crippen LogP contribution in [0.4, 0.5) is 5.69 Å². The topological polar surface area (TPSA) is 57.8 Å². The summed E-state index contributed by atoms with van der Waals surface area (Å²) in [6.45, 7) is 6.16. The number of carbonyl (C=O) groups is 1. The Bertz CT molecular complexity index is 885. The van der Waals surface area contributed by atoms with Crippen molar-refractivity contribution in [1.29, 1.82) is 0 Å². The molecule has 2 aromatic carbocycles. The first-order valence-corrected chi connectivity index (χ1v) is 9.03. The highest BCUT2D eigenvalue weighted by atomic mass is 32.2. The molecule has 1 aromatic heterocycles. The van der Waals surface area contributed by atoms with E-state index in [1.165, 1.54) is 17.3 Å². The zero-order valence-corrected chi connectivity index (χ0v) is 15.0. The zero-order valence-electron chi connectivity index (χ0n) is 14.1. The van der Waals surface area contributed by atoms with E-state index < -0.39 is 0 Å². The summed E-state index contributed by atoms with van der Waals surface area (Å²) >= 11 is 1.42. The highest BCUT2D eigenvalue weighted by Gasteiger charge is 2.11. The Kier molecular flexibility index (Phi) is 4.90. The van der Waals surface area contributed by atoms with Crippen molar-refractivity contribution >= 4 is 34.4 Å². The lowest BCUT2D eigenvalue weighted by Gasteiger charge is -2.12. The third-order valence-corrected chi connectivity index (χ3v) is 4.83. The predicted octanol–water partition coefficient (Wildman–Crippen LogP) is 4.47. The van der Waals surface area contributed by atoms with Gasteiger partial charge in [0.05, 0.1) is 16.8 Å². The van der Waals surface area contributed by atoms with Crippen LogP contribution in [0.3, 0.4) is 0 Å². The minimum Gasteiger partial charge on any atom is -0.333 e. The van der Waals surface area contributed by atoms with E-state index in [2.05, 4.69) is 34.3 Å². The van der Waals surface area contributed by atoms with Gasteiger partial charge in [-0.3, -0.25) is 4.79 Å². The SMILES string of the molecule is CCc1cccc(C)c1NC(=O)CSc1nc2ccc(C)cc2[nH]1. The van der Waals surface area contributed by atoms with Crippen LogP contribution in [0.1, 0.15) is 23.6 Å². The van der Waals surface area contributed by atoms with Crippen LogP contribution in [0, 0.1) is 13.8 Å². The van der Waals surface area contributed by atoms with Crippen LogP contribution in [0.5, 0.6) is 0 Å². The molecule has 5 heteroatoms. The van der Waals surface area contributed by atoms with Gasteiger partial charge in [-0.2, -0.15) is 0 Å². The van der Waals surface area contributed by atoms with E-state index in [-0.39, 0.29) is 5.91 Å². The van der Waals surface area contributed by atoms with Crippen molar-refractivity contribution in [2.75, 3.05) is 11.1 Å². The number of fused-ring (bicyclic) bond motifs is 1. The number of rotatable bonds is 5. The number of imidazole rings is 1. The Hall–Kier alpha value is -2.27. The van der Waals surface area contributed by atoms with Crippen molar-refractivity contribution in [1.82, 2.24) is 9.97 Å².